The average molecular weight is 172 g/mol. The summed E-state index contributed by atoms with van der Waals surface area (Å²) in [5.41, 5.74) is 0.606. The van der Waals surface area contributed by atoms with Gasteiger partial charge in [-0.25, -0.2) is 8.78 Å². The fourth-order valence-electron chi connectivity index (χ4n) is 0.775. The summed E-state index contributed by atoms with van der Waals surface area (Å²) in [5, 5.41) is 0. The Hall–Kier alpha value is -0.920. The van der Waals surface area contributed by atoms with E-state index in [0.717, 1.165) is 18.6 Å². The highest BCUT2D eigenvalue weighted by Gasteiger charge is 2.02. The summed E-state index contributed by atoms with van der Waals surface area (Å²) in [7, 11) is 0. The van der Waals surface area contributed by atoms with E-state index in [2.05, 4.69) is 6.58 Å². The second-order valence-corrected chi connectivity index (χ2v) is 2.56. The predicted octanol–water partition coefficient (Wildman–Crippen LogP) is 3.72. The molecule has 0 nitrogen and oxygen atoms in total. The van der Waals surface area contributed by atoms with Crippen LogP contribution in [0.15, 0.2) is 36.2 Å². The van der Waals surface area contributed by atoms with Crippen LogP contribution < -0.4 is 0 Å². The Morgan fingerprint density at radius 1 is 1.58 bits per heavy atom. The Balaban J connectivity index is 4.12. The summed E-state index contributed by atoms with van der Waals surface area (Å²) >= 11 is 0. The molecule has 12 heavy (non-hydrogen) atoms. The summed E-state index contributed by atoms with van der Waals surface area (Å²) in [5.74, 6) is -0.623. The largest absolute Gasteiger partial charge is 0.238 e. The summed E-state index contributed by atoms with van der Waals surface area (Å²) < 4.78 is 25.0. The predicted molar refractivity (Wildman–Crippen MR) is 48.3 cm³/mol. The normalized spacial score (nSPS) is 15.2. The second-order valence-electron chi connectivity index (χ2n) is 2.56. The third kappa shape index (κ3) is 4.83. The van der Waals surface area contributed by atoms with E-state index >= 15 is 0 Å². The molecule has 0 saturated heterocycles. The fraction of sp³-hybridized carbons (Fsp3) is 0.400. The Labute approximate surface area is 72.3 Å². The summed E-state index contributed by atoms with van der Waals surface area (Å²) in [6.07, 6.45) is 3.56. The van der Waals surface area contributed by atoms with E-state index in [1.54, 1.807) is 13.0 Å². The summed E-state index contributed by atoms with van der Waals surface area (Å²) in [6.45, 7) is 6.60. The van der Waals surface area contributed by atoms with Crippen molar-refractivity contribution >= 4 is 0 Å². The zero-order valence-electron chi connectivity index (χ0n) is 7.48. The Morgan fingerprint density at radius 2 is 2.17 bits per heavy atom. The molecule has 0 rings (SSSR count). The zero-order chi connectivity index (χ0) is 9.56. The zero-order valence-corrected chi connectivity index (χ0v) is 7.48. The van der Waals surface area contributed by atoms with E-state index in [4.69, 9.17) is 0 Å². The van der Waals surface area contributed by atoms with Gasteiger partial charge in [-0.3, -0.25) is 0 Å². The monoisotopic (exact) mass is 172 g/mol. The van der Waals surface area contributed by atoms with E-state index in [1.165, 1.54) is 0 Å². The molecule has 0 saturated carbocycles. The molecule has 1 atom stereocenters. The Kier molecular flexibility index (Phi) is 5.26. The molecule has 0 amide bonds. The van der Waals surface area contributed by atoms with Crippen molar-refractivity contribution in [2.75, 3.05) is 0 Å². The minimum absolute atomic E-state index is 0.606. The van der Waals surface area contributed by atoms with Crippen molar-refractivity contribution in [3.63, 3.8) is 0 Å². The lowest BCUT2D eigenvalue weighted by Gasteiger charge is -2.01. The maximum atomic E-state index is 13.0. The molecule has 0 fully saturated rings. The second kappa shape index (κ2) is 5.70. The van der Waals surface area contributed by atoms with Gasteiger partial charge in [-0.2, -0.15) is 0 Å². The minimum Gasteiger partial charge on any atom is -0.238 e. The van der Waals surface area contributed by atoms with Crippen LogP contribution in [0.1, 0.15) is 20.3 Å². The molecule has 68 valence electrons. The summed E-state index contributed by atoms with van der Waals surface area (Å²) in [4.78, 5) is 0. The fourth-order valence-corrected chi connectivity index (χ4v) is 0.775. The van der Waals surface area contributed by atoms with Gasteiger partial charge in [0.05, 0.1) is 0 Å². The van der Waals surface area contributed by atoms with E-state index in [-0.39, 0.29) is 0 Å². The van der Waals surface area contributed by atoms with Crippen molar-refractivity contribution in [3.8, 4) is 0 Å². The summed E-state index contributed by atoms with van der Waals surface area (Å²) in [6, 6.07) is 0. The van der Waals surface area contributed by atoms with Gasteiger partial charge in [-0.05, 0) is 31.1 Å². The average Bonchev–Trinajstić information content (AvgIpc) is 2.00. The van der Waals surface area contributed by atoms with Crippen LogP contribution >= 0.6 is 0 Å². The van der Waals surface area contributed by atoms with E-state index < -0.39 is 12.0 Å². The number of rotatable bonds is 4. The first-order valence-electron chi connectivity index (χ1n) is 3.91. The molecule has 0 aliphatic carbocycles. The smallest absolute Gasteiger partial charge is 0.140 e. The van der Waals surface area contributed by atoms with E-state index in [0.29, 0.717) is 5.57 Å². The molecule has 0 aliphatic rings. The van der Waals surface area contributed by atoms with Gasteiger partial charge in [0.15, 0.2) is 0 Å². The van der Waals surface area contributed by atoms with Gasteiger partial charge in [0, 0.05) is 0 Å². The topological polar surface area (TPSA) is 0 Å². The Bertz CT molecular complexity index is 202. The molecule has 0 aromatic rings. The molecule has 0 spiro atoms. The molecule has 0 heterocycles. The van der Waals surface area contributed by atoms with Crippen LogP contribution in [0.25, 0.3) is 0 Å². The lowest BCUT2D eigenvalue weighted by molar-refractivity contribution is 0.447. The molecule has 0 bridgehead atoms. The van der Waals surface area contributed by atoms with Gasteiger partial charge in [0.1, 0.15) is 12.0 Å². The maximum Gasteiger partial charge on any atom is 0.140 e. The first-order chi connectivity index (χ1) is 5.57. The van der Waals surface area contributed by atoms with Crippen LogP contribution in [-0.4, -0.2) is 6.17 Å². The van der Waals surface area contributed by atoms with Crippen LogP contribution in [0.5, 0.6) is 0 Å². The number of allylic oxidation sites excluding steroid dienone is 5. The van der Waals surface area contributed by atoms with Crippen molar-refractivity contribution < 1.29 is 8.78 Å². The van der Waals surface area contributed by atoms with Gasteiger partial charge in [0.2, 0.25) is 0 Å². The molecule has 0 aliphatic heterocycles. The number of alkyl halides is 1. The molecule has 1 unspecified atom stereocenters. The maximum absolute atomic E-state index is 13.0. The number of hydrogen-bond acceptors (Lipinski definition) is 0. The van der Waals surface area contributed by atoms with Gasteiger partial charge in [-0.15, -0.1) is 0 Å². The van der Waals surface area contributed by atoms with Crippen molar-refractivity contribution in [3.05, 3.63) is 36.2 Å². The van der Waals surface area contributed by atoms with Gasteiger partial charge >= 0.3 is 0 Å². The molecule has 0 N–H and O–H groups in total. The minimum atomic E-state index is -1.20. The number of hydrogen-bond donors (Lipinski definition) is 0. The third-order valence-corrected chi connectivity index (χ3v) is 1.41. The molecular formula is C10H14F2. The molecule has 2 heteroatoms. The SMILES string of the molecule is C=C(F)C=CC(F)/C(C)=C\CC. The van der Waals surface area contributed by atoms with E-state index in [9.17, 15) is 8.78 Å². The quantitative estimate of drug-likeness (QED) is 0.448. The van der Waals surface area contributed by atoms with Crippen LogP contribution in [0.4, 0.5) is 8.78 Å². The highest BCUT2D eigenvalue weighted by Crippen LogP contribution is 2.09. The van der Waals surface area contributed by atoms with Crippen LogP contribution in [0.2, 0.25) is 0 Å². The van der Waals surface area contributed by atoms with Crippen LogP contribution in [0.3, 0.4) is 0 Å². The van der Waals surface area contributed by atoms with Gasteiger partial charge in [0.25, 0.3) is 0 Å². The highest BCUT2D eigenvalue weighted by atomic mass is 19.1. The lowest BCUT2D eigenvalue weighted by Crippen LogP contribution is -1.96. The van der Waals surface area contributed by atoms with Crippen molar-refractivity contribution in [1.82, 2.24) is 0 Å². The molecule has 0 radical (unpaired) electrons. The molecule has 0 aromatic heterocycles. The Morgan fingerprint density at radius 3 is 2.58 bits per heavy atom. The molecular weight excluding hydrogens is 158 g/mol. The van der Waals surface area contributed by atoms with Gasteiger partial charge in [-0.1, -0.05) is 19.6 Å². The third-order valence-electron chi connectivity index (χ3n) is 1.41. The van der Waals surface area contributed by atoms with E-state index in [1.807, 2.05) is 6.92 Å². The first-order valence-corrected chi connectivity index (χ1v) is 3.91. The van der Waals surface area contributed by atoms with Gasteiger partial charge < -0.3 is 0 Å². The first kappa shape index (κ1) is 11.1. The van der Waals surface area contributed by atoms with Crippen molar-refractivity contribution in [2.24, 2.45) is 0 Å². The lowest BCUT2D eigenvalue weighted by atomic mass is 10.1. The molecule has 0 aromatic carbocycles. The van der Waals surface area contributed by atoms with Crippen molar-refractivity contribution in [2.45, 2.75) is 26.4 Å². The standard InChI is InChI=1S/C10H14F2/c1-4-5-8(2)10(12)7-6-9(3)11/h5-7,10H,3-4H2,1-2H3/b7-6?,8-5-. The van der Waals surface area contributed by atoms with Crippen LogP contribution in [0, 0.1) is 0 Å². The number of halogens is 2. The van der Waals surface area contributed by atoms with Crippen molar-refractivity contribution in [1.29, 1.82) is 0 Å². The highest BCUT2D eigenvalue weighted by molar-refractivity contribution is 5.17. The van der Waals surface area contributed by atoms with Crippen LogP contribution in [-0.2, 0) is 0 Å².